The molecule has 1 amide bonds. The Morgan fingerprint density at radius 3 is 2.48 bits per heavy atom. The van der Waals surface area contributed by atoms with Crippen molar-refractivity contribution in [2.45, 2.75) is 33.6 Å². The molecule has 7 nitrogen and oxygen atoms in total. The predicted molar refractivity (Wildman–Crippen MR) is 116 cm³/mol. The quantitative estimate of drug-likeness (QED) is 0.449. The lowest BCUT2D eigenvalue weighted by Crippen LogP contribution is -2.53. The molecule has 1 N–H and O–H groups in total. The number of rotatable bonds is 6. The van der Waals surface area contributed by atoms with Crippen LogP contribution < -0.4 is 5.32 Å². The van der Waals surface area contributed by atoms with E-state index in [0.29, 0.717) is 18.8 Å². The van der Waals surface area contributed by atoms with Crippen LogP contribution in [0.2, 0.25) is 0 Å². The number of likely N-dealkylation sites (tertiary alicyclic amines) is 1. The van der Waals surface area contributed by atoms with Gasteiger partial charge in [-0.2, -0.15) is 0 Å². The summed E-state index contributed by atoms with van der Waals surface area (Å²) in [5, 5.41) is 3.42. The van der Waals surface area contributed by atoms with E-state index in [1.807, 2.05) is 4.90 Å². The van der Waals surface area contributed by atoms with Gasteiger partial charge >= 0.3 is 0 Å². The summed E-state index contributed by atoms with van der Waals surface area (Å²) in [6.45, 7) is 15.0. The van der Waals surface area contributed by atoms with Gasteiger partial charge in [0.05, 0.1) is 6.26 Å². The molecular formula is C22H37N5O2. The monoisotopic (exact) mass is 403 g/mol. The topological polar surface area (TPSA) is 64.3 Å². The molecule has 7 heteroatoms. The van der Waals surface area contributed by atoms with Crippen molar-refractivity contribution in [1.82, 2.24) is 20.0 Å². The maximum Gasteiger partial charge on any atom is 0.289 e. The second kappa shape index (κ2) is 10.7. The molecule has 3 heterocycles. The first kappa shape index (κ1) is 21.7. The Kier molecular flexibility index (Phi) is 7.98. The average molecular weight is 404 g/mol. The molecule has 0 aromatic carbocycles. The molecule has 3 rings (SSSR count). The molecule has 0 spiro atoms. The summed E-state index contributed by atoms with van der Waals surface area (Å²) in [5.41, 5.74) is 0. The van der Waals surface area contributed by atoms with Gasteiger partial charge in [0.25, 0.3) is 5.91 Å². The summed E-state index contributed by atoms with van der Waals surface area (Å²) in [7, 11) is 0. The van der Waals surface area contributed by atoms with Crippen molar-refractivity contribution in [2.75, 3.05) is 58.9 Å². The van der Waals surface area contributed by atoms with Crippen LogP contribution >= 0.6 is 0 Å². The average Bonchev–Trinajstić information content (AvgIpc) is 3.24. The zero-order chi connectivity index (χ0) is 20.6. The number of furan rings is 1. The lowest BCUT2D eigenvalue weighted by atomic mass is 9.92. The third-order valence-corrected chi connectivity index (χ3v) is 5.77. The number of amides is 1. The molecule has 162 valence electrons. The Labute approximate surface area is 175 Å². The molecule has 0 radical (unpaired) electrons. The number of hydrogen-bond donors (Lipinski definition) is 1. The Morgan fingerprint density at radius 1 is 1.17 bits per heavy atom. The van der Waals surface area contributed by atoms with E-state index in [4.69, 9.17) is 9.41 Å². The molecule has 0 bridgehead atoms. The fourth-order valence-electron chi connectivity index (χ4n) is 4.56. The van der Waals surface area contributed by atoms with Gasteiger partial charge in [-0.05, 0) is 50.3 Å². The molecule has 2 unspecified atom stereocenters. The van der Waals surface area contributed by atoms with Crippen LogP contribution in [0.4, 0.5) is 0 Å². The molecule has 2 atom stereocenters. The number of guanidine groups is 1. The zero-order valence-electron chi connectivity index (χ0n) is 18.3. The summed E-state index contributed by atoms with van der Waals surface area (Å²) in [5.74, 6) is 2.97. The number of aliphatic imine (C=N–C) groups is 1. The summed E-state index contributed by atoms with van der Waals surface area (Å²) in [6.07, 6.45) is 3.99. The van der Waals surface area contributed by atoms with Gasteiger partial charge in [0.2, 0.25) is 0 Å². The lowest BCUT2D eigenvalue weighted by Gasteiger charge is -2.36. The van der Waals surface area contributed by atoms with Gasteiger partial charge in [-0.3, -0.25) is 9.79 Å². The van der Waals surface area contributed by atoms with Gasteiger partial charge in [0, 0.05) is 52.4 Å². The maximum atomic E-state index is 12.4. The highest BCUT2D eigenvalue weighted by atomic mass is 16.3. The number of carbonyl (C=O) groups excluding carboxylic acids is 1. The molecule has 2 fully saturated rings. The normalized spacial score (nSPS) is 24.0. The number of nitrogens with one attached hydrogen (secondary N) is 1. The van der Waals surface area contributed by atoms with Crippen LogP contribution in [0, 0.1) is 11.8 Å². The first-order chi connectivity index (χ1) is 14.1. The molecule has 1 aromatic heterocycles. The van der Waals surface area contributed by atoms with Crippen LogP contribution in [-0.2, 0) is 0 Å². The molecule has 2 aliphatic rings. The SMILES string of the molecule is CCNC(=NCCCN1CC(C)CC(C)C1)N1CCN(C(=O)c2ccco2)CC1. The van der Waals surface area contributed by atoms with Gasteiger partial charge in [-0.1, -0.05) is 13.8 Å². The van der Waals surface area contributed by atoms with E-state index in [1.54, 1.807) is 18.4 Å². The summed E-state index contributed by atoms with van der Waals surface area (Å²) < 4.78 is 5.25. The molecule has 29 heavy (non-hydrogen) atoms. The third kappa shape index (κ3) is 6.23. The second-order valence-corrected chi connectivity index (χ2v) is 8.55. The van der Waals surface area contributed by atoms with Gasteiger partial charge in [0.15, 0.2) is 11.7 Å². The standard InChI is InChI=1S/C22H37N5O2/c1-4-23-22(24-8-6-9-25-16-18(2)15-19(3)17-25)27-12-10-26(11-13-27)21(28)20-7-5-14-29-20/h5,7,14,18-19H,4,6,8-13,15-17H2,1-3H3,(H,23,24). The second-order valence-electron chi connectivity index (χ2n) is 8.55. The molecule has 0 aliphatic carbocycles. The Hall–Kier alpha value is -2.02. The first-order valence-corrected chi connectivity index (χ1v) is 11.1. The minimum absolute atomic E-state index is 0.0263. The Balaban J connectivity index is 1.45. The summed E-state index contributed by atoms with van der Waals surface area (Å²) in [4.78, 5) is 24.0. The van der Waals surface area contributed by atoms with Crippen LogP contribution in [0.25, 0.3) is 0 Å². The Morgan fingerprint density at radius 2 is 1.86 bits per heavy atom. The zero-order valence-corrected chi connectivity index (χ0v) is 18.3. The highest BCUT2D eigenvalue weighted by Gasteiger charge is 2.25. The third-order valence-electron chi connectivity index (χ3n) is 5.77. The fourth-order valence-corrected chi connectivity index (χ4v) is 4.56. The van der Waals surface area contributed by atoms with Gasteiger partial charge in [-0.25, -0.2) is 0 Å². The number of piperazine rings is 1. The molecule has 0 saturated carbocycles. The maximum absolute atomic E-state index is 12.4. The molecule has 2 aliphatic heterocycles. The van der Waals surface area contributed by atoms with Crippen LogP contribution in [0.3, 0.4) is 0 Å². The summed E-state index contributed by atoms with van der Waals surface area (Å²) >= 11 is 0. The van der Waals surface area contributed by atoms with E-state index < -0.39 is 0 Å². The molecular weight excluding hydrogens is 366 g/mol. The minimum atomic E-state index is -0.0263. The highest BCUT2D eigenvalue weighted by molar-refractivity contribution is 5.91. The van der Waals surface area contributed by atoms with Crippen molar-refractivity contribution >= 4 is 11.9 Å². The van der Waals surface area contributed by atoms with Crippen molar-refractivity contribution in [3.8, 4) is 0 Å². The van der Waals surface area contributed by atoms with Crippen molar-refractivity contribution < 1.29 is 9.21 Å². The number of nitrogens with zero attached hydrogens (tertiary/aromatic N) is 4. The predicted octanol–water partition coefficient (Wildman–Crippen LogP) is 2.37. The minimum Gasteiger partial charge on any atom is -0.459 e. The van der Waals surface area contributed by atoms with Crippen molar-refractivity contribution in [3.63, 3.8) is 0 Å². The van der Waals surface area contributed by atoms with E-state index in [2.05, 4.69) is 35.9 Å². The van der Waals surface area contributed by atoms with E-state index in [-0.39, 0.29) is 5.91 Å². The van der Waals surface area contributed by atoms with Gasteiger partial charge in [0.1, 0.15) is 0 Å². The highest BCUT2D eigenvalue weighted by Crippen LogP contribution is 2.20. The number of carbonyl (C=O) groups is 1. The lowest BCUT2D eigenvalue weighted by molar-refractivity contribution is 0.0657. The first-order valence-electron chi connectivity index (χ1n) is 11.1. The molecule has 2 saturated heterocycles. The van der Waals surface area contributed by atoms with E-state index >= 15 is 0 Å². The molecule has 1 aromatic rings. The van der Waals surface area contributed by atoms with Crippen LogP contribution in [0.5, 0.6) is 0 Å². The van der Waals surface area contributed by atoms with Crippen LogP contribution in [0.15, 0.2) is 27.8 Å². The van der Waals surface area contributed by atoms with Gasteiger partial charge < -0.3 is 24.4 Å². The van der Waals surface area contributed by atoms with E-state index in [1.165, 1.54) is 19.5 Å². The largest absolute Gasteiger partial charge is 0.459 e. The summed E-state index contributed by atoms with van der Waals surface area (Å²) in [6, 6.07) is 3.48. The van der Waals surface area contributed by atoms with E-state index in [0.717, 1.165) is 56.9 Å². The van der Waals surface area contributed by atoms with E-state index in [9.17, 15) is 4.79 Å². The Bertz CT molecular complexity index is 642. The van der Waals surface area contributed by atoms with Crippen LogP contribution in [-0.4, -0.2) is 85.5 Å². The van der Waals surface area contributed by atoms with Crippen molar-refractivity contribution in [2.24, 2.45) is 16.8 Å². The fraction of sp³-hybridized carbons (Fsp3) is 0.727. The number of hydrogen-bond acceptors (Lipinski definition) is 4. The van der Waals surface area contributed by atoms with Gasteiger partial charge in [-0.15, -0.1) is 0 Å². The van der Waals surface area contributed by atoms with Crippen molar-refractivity contribution in [1.29, 1.82) is 0 Å². The van der Waals surface area contributed by atoms with Crippen molar-refractivity contribution in [3.05, 3.63) is 24.2 Å². The smallest absolute Gasteiger partial charge is 0.289 e. The van der Waals surface area contributed by atoms with Crippen LogP contribution in [0.1, 0.15) is 44.2 Å². The number of piperidine rings is 1.